The van der Waals surface area contributed by atoms with Gasteiger partial charge in [0.15, 0.2) is 0 Å². The average molecular weight is 523 g/mol. The van der Waals surface area contributed by atoms with Crippen molar-refractivity contribution in [2.45, 2.75) is 44.9 Å². The van der Waals surface area contributed by atoms with E-state index in [0.29, 0.717) is 29.3 Å². The van der Waals surface area contributed by atoms with Gasteiger partial charge in [-0.15, -0.1) is 0 Å². The second-order valence-electron chi connectivity index (χ2n) is 10.2. The maximum absolute atomic E-state index is 13.4. The molecule has 1 aliphatic heterocycles. The summed E-state index contributed by atoms with van der Waals surface area (Å²) in [4.78, 5) is 25.4. The molecule has 1 unspecified atom stereocenters. The summed E-state index contributed by atoms with van der Waals surface area (Å²) in [7, 11) is 0. The summed E-state index contributed by atoms with van der Waals surface area (Å²) < 4.78 is 0. The predicted octanol–water partition coefficient (Wildman–Crippen LogP) is 7.45. The summed E-state index contributed by atoms with van der Waals surface area (Å²) in [5.74, 6) is 0.827. The highest BCUT2D eigenvalue weighted by molar-refractivity contribution is 6.30. The van der Waals surface area contributed by atoms with Gasteiger partial charge in [-0.1, -0.05) is 61.0 Å². The third-order valence-electron chi connectivity index (χ3n) is 7.44. The van der Waals surface area contributed by atoms with E-state index in [9.17, 15) is 4.79 Å². The third-order valence-corrected chi connectivity index (χ3v) is 7.70. The lowest BCUT2D eigenvalue weighted by molar-refractivity contribution is 0.0713. The summed E-state index contributed by atoms with van der Waals surface area (Å²) in [6.07, 6.45) is 3.95. The van der Waals surface area contributed by atoms with Crippen LogP contribution in [0.2, 0.25) is 5.02 Å². The standard InChI is InChI=1S/C32H31ClN4O/c1-22(6-5-17-34)20-30-31(25-9-12-27(33)13-10-25)36-28-14-11-26(21-29(28)35-30)32(38)37-18-15-24(16-19-37)23-7-3-2-4-8-23/h2-4,7-14,21-22,24H,5-6,15-16,18-20H2,1H3. The molecule has 1 saturated heterocycles. The zero-order valence-corrected chi connectivity index (χ0v) is 22.4. The topological polar surface area (TPSA) is 69.9 Å². The lowest BCUT2D eigenvalue weighted by Crippen LogP contribution is -2.37. The SMILES string of the molecule is CC(CCC#N)Cc1nc2cc(C(=O)N3CCC(c4ccccc4)CC3)ccc2nc1-c1ccc(Cl)cc1. The maximum Gasteiger partial charge on any atom is 0.253 e. The maximum atomic E-state index is 13.4. The van der Waals surface area contributed by atoms with Gasteiger partial charge in [-0.2, -0.15) is 5.26 Å². The first-order valence-corrected chi connectivity index (χ1v) is 13.7. The van der Waals surface area contributed by atoms with Crippen LogP contribution in [0.15, 0.2) is 72.8 Å². The number of carbonyl (C=O) groups is 1. The Balaban J connectivity index is 1.40. The number of piperidine rings is 1. The van der Waals surface area contributed by atoms with E-state index in [2.05, 4.69) is 37.3 Å². The summed E-state index contributed by atoms with van der Waals surface area (Å²) in [6, 6.07) is 26.1. The molecule has 1 atom stereocenters. The molecule has 0 N–H and O–H groups in total. The van der Waals surface area contributed by atoms with E-state index in [4.69, 9.17) is 26.8 Å². The molecule has 1 aliphatic rings. The molecule has 1 amide bonds. The van der Waals surface area contributed by atoms with Crippen LogP contribution in [0.5, 0.6) is 0 Å². The van der Waals surface area contributed by atoms with Crippen LogP contribution in [0.25, 0.3) is 22.3 Å². The minimum absolute atomic E-state index is 0.0472. The molecule has 0 saturated carbocycles. The van der Waals surface area contributed by atoms with Crippen LogP contribution in [-0.2, 0) is 6.42 Å². The molecule has 5 nitrogen and oxygen atoms in total. The van der Waals surface area contributed by atoms with E-state index in [1.807, 2.05) is 53.4 Å². The number of nitrogens with zero attached hydrogens (tertiary/aromatic N) is 4. The van der Waals surface area contributed by atoms with Crippen LogP contribution in [0.3, 0.4) is 0 Å². The van der Waals surface area contributed by atoms with Crippen LogP contribution >= 0.6 is 11.6 Å². The lowest BCUT2D eigenvalue weighted by Gasteiger charge is -2.32. The fraction of sp³-hybridized carbons (Fsp3) is 0.312. The van der Waals surface area contributed by atoms with E-state index in [1.54, 1.807) is 0 Å². The minimum atomic E-state index is 0.0472. The Hall–Kier alpha value is -3.75. The Labute approximate surface area is 229 Å². The first-order chi connectivity index (χ1) is 18.5. The van der Waals surface area contributed by atoms with Crippen molar-refractivity contribution in [3.05, 3.63) is 94.6 Å². The number of benzene rings is 3. The zero-order chi connectivity index (χ0) is 26.5. The van der Waals surface area contributed by atoms with Gasteiger partial charge < -0.3 is 4.90 Å². The van der Waals surface area contributed by atoms with Crippen LogP contribution in [0, 0.1) is 17.2 Å². The van der Waals surface area contributed by atoms with E-state index in [1.165, 1.54) is 5.56 Å². The molecule has 2 heterocycles. The predicted molar refractivity (Wildman–Crippen MR) is 152 cm³/mol. The quantitative estimate of drug-likeness (QED) is 0.252. The van der Waals surface area contributed by atoms with Gasteiger partial charge in [-0.3, -0.25) is 4.79 Å². The molecule has 0 aliphatic carbocycles. The number of hydrogen-bond donors (Lipinski definition) is 0. The largest absolute Gasteiger partial charge is 0.339 e. The molecule has 38 heavy (non-hydrogen) atoms. The molecule has 6 heteroatoms. The summed E-state index contributed by atoms with van der Waals surface area (Å²) in [6.45, 7) is 3.63. The van der Waals surface area contributed by atoms with E-state index < -0.39 is 0 Å². The molecular weight excluding hydrogens is 492 g/mol. The van der Waals surface area contributed by atoms with Crippen LogP contribution in [0.1, 0.15) is 60.1 Å². The van der Waals surface area contributed by atoms with Crippen LogP contribution < -0.4 is 0 Å². The Morgan fingerprint density at radius 3 is 2.47 bits per heavy atom. The highest BCUT2D eigenvalue weighted by Crippen LogP contribution is 2.30. The summed E-state index contributed by atoms with van der Waals surface area (Å²) >= 11 is 6.12. The highest BCUT2D eigenvalue weighted by atomic mass is 35.5. The fourth-order valence-corrected chi connectivity index (χ4v) is 5.40. The highest BCUT2D eigenvalue weighted by Gasteiger charge is 2.25. The third kappa shape index (κ3) is 5.87. The van der Waals surface area contributed by atoms with Crippen molar-refractivity contribution in [1.82, 2.24) is 14.9 Å². The Morgan fingerprint density at radius 1 is 1.03 bits per heavy atom. The number of amides is 1. The van der Waals surface area contributed by atoms with Gasteiger partial charge in [-0.25, -0.2) is 9.97 Å². The smallest absolute Gasteiger partial charge is 0.253 e. The Morgan fingerprint density at radius 2 is 1.76 bits per heavy atom. The van der Waals surface area contributed by atoms with Crippen LogP contribution in [0.4, 0.5) is 0 Å². The van der Waals surface area contributed by atoms with Gasteiger partial charge >= 0.3 is 0 Å². The van der Waals surface area contributed by atoms with Gasteiger partial charge in [0.1, 0.15) is 0 Å². The van der Waals surface area contributed by atoms with Crippen molar-refractivity contribution in [3.8, 4) is 17.3 Å². The molecule has 192 valence electrons. The van der Waals surface area contributed by atoms with Gasteiger partial charge in [-0.05, 0) is 73.4 Å². The number of likely N-dealkylation sites (tertiary alicyclic amines) is 1. The second kappa shape index (κ2) is 11.8. The number of nitriles is 1. The molecule has 0 spiro atoms. The number of aromatic nitrogens is 2. The molecule has 5 rings (SSSR count). The molecule has 0 radical (unpaired) electrons. The first kappa shape index (κ1) is 25.9. The van der Waals surface area contributed by atoms with Crippen molar-refractivity contribution >= 4 is 28.5 Å². The van der Waals surface area contributed by atoms with Crippen molar-refractivity contribution in [2.24, 2.45) is 5.92 Å². The Bertz CT molecular complexity index is 1460. The monoisotopic (exact) mass is 522 g/mol. The van der Waals surface area contributed by atoms with Gasteiger partial charge in [0, 0.05) is 35.7 Å². The molecular formula is C32H31ClN4O. The molecule has 4 aromatic rings. The van der Waals surface area contributed by atoms with Crippen molar-refractivity contribution in [2.75, 3.05) is 13.1 Å². The molecule has 1 aromatic heterocycles. The normalized spacial score (nSPS) is 14.8. The number of carbonyl (C=O) groups excluding carboxylic acids is 1. The van der Waals surface area contributed by atoms with E-state index >= 15 is 0 Å². The zero-order valence-electron chi connectivity index (χ0n) is 21.6. The van der Waals surface area contributed by atoms with Gasteiger partial charge in [0.05, 0.1) is 28.5 Å². The Kier molecular flexibility index (Phi) is 8.00. The van der Waals surface area contributed by atoms with Crippen LogP contribution in [-0.4, -0.2) is 33.9 Å². The summed E-state index contributed by atoms with van der Waals surface area (Å²) in [5.41, 5.74) is 6.12. The molecule has 1 fully saturated rings. The lowest BCUT2D eigenvalue weighted by atomic mass is 9.89. The van der Waals surface area contributed by atoms with E-state index in [0.717, 1.165) is 60.3 Å². The number of rotatable bonds is 7. The number of halogens is 1. The molecule has 0 bridgehead atoms. The first-order valence-electron chi connectivity index (χ1n) is 13.3. The molecule has 3 aromatic carbocycles. The number of hydrogen-bond acceptors (Lipinski definition) is 4. The summed E-state index contributed by atoms with van der Waals surface area (Å²) in [5, 5.41) is 9.69. The minimum Gasteiger partial charge on any atom is -0.339 e. The van der Waals surface area contributed by atoms with Gasteiger partial charge in [0.25, 0.3) is 5.91 Å². The average Bonchev–Trinajstić information content (AvgIpc) is 2.96. The van der Waals surface area contributed by atoms with Crippen molar-refractivity contribution in [3.63, 3.8) is 0 Å². The fourth-order valence-electron chi connectivity index (χ4n) is 5.27. The van der Waals surface area contributed by atoms with Gasteiger partial charge in [0.2, 0.25) is 0 Å². The van der Waals surface area contributed by atoms with Crippen molar-refractivity contribution in [1.29, 1.82) is 5.26 Å². The van der Waals surface area contributed by atoms with E-state index in [-0.39, 0.29) is 11.8 Å². The number of fused-ring (bicyclic) bond motifs is 1. The second-order valence-corrected chi connectivity index (χ2v) is 10.6. The van der Waals surface area contributed by atoms with Crippen molar-refractivity contribution < 1.29 is 4.79 Å².